The summed E-state index contributed by atoms with van der Waals surface area (Å²) in [6, 6.07) is 1.50. The van der Waals surface area contributed by atoms with Crippen LogP contribution in [0.1, 0.15) is 41.0 Å². The van der Waals surface area contributed by atoms with E-state index in [-0.39, 0.29) is 18.4 Å². The Kier molecular flexibility index (Phi) is 3.78. The van der Waals surface area contributed by atoms with Crippen molar-refractivity contribution in [1.29, 1.82) is 0 Å². The predicted molar refractivity (Wildman–Crippen MR) is 67.8 cm³/mol. The van der Waals surface area contributed by atoms with Gasteiger partial charge in [0.05, 0.1) is 23.4 Å². The van der Waals surface area contributed by atoms with E-state index in [9.17, 15) is 9.59 Å². The van der Waals surface area contributed by atoms with Gasteiger partial charge in [-0.3, -0.25) is 9.59 Å². The minimum Gasteiger partial charge on any atom is -0.481 e. The van der Waals surface area contributed by atoms with E-state index >= 15 is 0 Å². The number of carboxylic acid groups (broad SMARTS) is 1. The van der Waals surface area contributed by atoms with Crippen molar-refractivity contribution in [2.45, 2.75) is 39.2 Å². The first kappa shape index (κ1) is 13.5. The summed E-state index contributed by atoms with van der Waals surface area (Å²) in [5, 5.41) is 16.7. The molecule has 0 radical (unpaired) electrons. The molecule has 6 heteroatoms. The first-order valence-electron chi connectivity index (χ1n) is 6.32. The van der Waals surface area contributed by atoms with Gasteiger partial charge in [-0.25, -0.2) is 0 Å². The van der Waals surface area contributed by atoms with Crippen LogP contribution >= 0.6 is 0 Å². The van der Waals surface area contributed by atoms with Gasteiger partial charge in [-0.2, -0.15) is 10.2 Å². The third kappa shape index (κ3) is 2.89. The number of hydrogen-bond donors (Lipinski definition) is 1. The lowest BCUT2D eigenvalue weighted by Crippen LogP contribution is -2.37. The summed E-state index contributed by atoms with van der Waals surface area (Å²) in [5.41, 5.74) is 1.78. The monoisotopic (exact) mass is 263 g/mol. The van der Waals surface area contributed by atoms with Crippen molar-refractivity contribution in [1.82, 2.24) is 15.1 Å². The third-order valence-corrected chi connectivity index (χ3v) is 3.38. The second kappa shape index (κ2) is 5.34. The van der Waals surface area contributed by atoms with Gasteiger partial charge in [0.2, 0.25) is 0 Å². The topological polar surface area (TPSA) is 83.4 Å². The molecule has 1 unspecified atom stereocenters. The van der Waals surface area contributed by atoms with Crippen molar-refractivity contribution < 1.29 is 14.7 Å². The van der Waals surface area contributed by atoms with Gasteiger partial charge in [-0.05, 0) is 32.8 Å². The molecule has 0 bridgehead atoms. The van der Waals surface area contributed by atoms with Crippen LogP contribution in [-0.2, 0) is 4.79 Å². The summed E-state index contributed by atoms with van der Waals surface area (Å²) in [6.45, 7) is 4.13. The SMILES string of the molecule is Cc1cc(C(=O)N2CCCC2CC(=O)O)c(C)nn1. The molecule has 0 aromatic carbocycles. The second-order valence-corrected chi connectivity index (χ2v) is 4.88. The maximum absolute atomic E-state index is 12.5. The zero-order valence-corrected chi connectivity index (χ0v) is 11.1. The number of nitrogens with zero attached hydrogens (tertiary/aromatic N) is 3. The van der Waals surface area contributed by atoms with Crippen molar-refractivity contribution in [3.63, 3.8) is 0 Å². The highest BCUT2D eigenvalue weighted by molar-refractivity contribution is 5.95. The fraction of sp³-hybridized carbons (Fsp3) is 0.538. The minimum absolute atomic E-state index is 0.00226. The number of aromatic nitrogens is 2. The average molecular weight is 263 g/mol. The van der Waals surface area contributed by atoms with E-state index in [0.29, 0.717) is 23.5 Å². The van der Waals surface area contributed by atoms with E-state index < -0.39 is 5.97 Å². The van der Waals surface area contributed by atoms with E-state index in [1.807, 2.05) is 0 Å². The fourth-order valence-electron chi connectivity index (χ4n) is 2.44. The van der Waals surface area contributed by atoms with E-state index in [0.717, 1.165) is 12.8 Å². The van der Waals surface area contributed by atoms with Crippen LogP contribution in [0.5, 0.6) is 0 Å². The molecule has 1 saturated heterocycles. The van der Waals surface area contributed by atoms with Crippen molar-refractivity contribution in [3.8, 4) is 0 Å². The number of aliphatic carboxylic acids is 1. The van der Waals surface area contributed by atoms with Gasteiger partial charge < -0.3 is 10.0 Å². The largest absolute Gasteiger partial charge is 0.481 e. The number of likely N-dealkylation sites (tertiary alicyclic amines) is 1. The van der Waals surface area contributed by atoms with Gasteiger partial charge in [-0.1, -0.05) is 0 Å². The standard InChI is InChI=1S/C13H17N3O3/c1-8-6-11(9(2)15-14-8)13(19)16-5-3-4-10(16)7-12(17)18/h6,10H,3-5,7H2,1-2H3,(H,17,18). The Balaban J connectivity index is 2.23. The highest BCUT2D eigenvalue weighted by atomic mass is 16.4. The fourth-order valence-corrected chi connectivity index (χ4v) is 2.44. The van der Waals surface area contributed by atoms with E-state index in [1.54, 1.807) is 24.8 Å². The highest BCUT2D eigenvalue weighted by Gasteiger charge is 2.31. The quantitative estimate of drug-likeness (QED) is 0.885. The summed E-state index contributed by atoms with van der Waals surface area (Å²) in [6.07, 6.45) is 1.59. The maximum Gasteiger partial charge on any atom is 0.305 e. The van der Waals surface area contributed by atoms with Crippen LogP contribution in [0.3, 0.4) is 0 Å². The molecule has 1 amide bonds. The van der Waals surface area contributed by atoms with Crippen LogP contribution in [0.15, 0.2) is 6.07 Å². The van der Waals surface area contributed by atoms with E-state index in [2.05, 4.69) is 10.2 Å². The number of carboxylic acids is 1. The number of carbonyl (C=O) groups excluding carboxylic acids is 1. The van der Waals surface area contributed by atoms with Gasteiger partial charge in [0.25, 0.3) is 5.91 Å². The van der Waals surface area contributed by atoms with Crippen molar-refractivity contribution >= 4 is 11.9 Å². The van der Waals surface area contributed by atoms with E-state index in [4.69, 9.17) is 5.11 Å². The molecular weight excluding hydrogens is 246 g/mol. The third-order valence-electron chi connectivity index (χ3n) is 3.38. The molecule has 1 aromatic rings. The van der Waals surface area contributed by atoms with Crippen molar-refractivity contribution in [2.24, 2.45) is 0 Å². The zero-order valence-electron chi connectivity index (χ0n) is 11.1. The molecule has 0 spiro atoms. The molecule has 102 valence electrons. The molecule has 1 aliphatic heterocycles. The van der Waals surface area contributed by atoms with Gasteiger partial charge in [-0.15, -0.1) is 0 Å². The Morgan fingerprint density at radius 1 is 1.42 bits per heavy atom. The van der Waals surface area contributed by atoms with Crippen LogP contribution in [0, 0.1) is 13.8 Å². The van der Waals surface area contributed by atoms with Crippen molar-refractivity contribution in [3.05, 3.63) is 23.0 Å². The summed E-state index contributed by atoms with van der Waals surface area (Å²) in [7, 11) is 0. The lowest BCUT2D eigenvalue weighted by Gasteiger charge is -2.24. The van der Waals surface area contributed by atoms with Crippen LogP contribution in [0.4, 0.5) is 0 Å². The van der Waals surface area contributed by atoms with Crippen LogP contribution < -0.4 is 0 Å². The Morgan fingerprint density at radius 3 is 2.84 bits per heavy atom. The van der Waals surface area contributed by atoms with Crippen LogP contribution in [0.25, 0.3) is 0 Å². The number of rotatable bonds is 3. The van der Waals surface area contributed by atoms with Gasteiger partial charge >= 0.3 is 5.97 Å². The predicted octanol–water partition coefficient (Wildman–Crippen LogP) is 1.17. The summed E-state index contributed by atoms with van der Waals surface area (Å²) in [5.74, 6) is -1.01. The Morgan fingerprint density at radius 2 is 2.16 bits per heavy atom. The molecule has 2 heterocycles. The zero-order chi connectivity index (χ0) is 14.0. The number of aryl methyl sites for hydroxylation is 2. The highest BCUT2D eigenvalue weighted by Crippen LogP contribution is 2.23. The summed E-state index contributed by atoms with van der Waals surface area (Å²) < 4.78 is 0. The summed E-state index contributed by atoms with van der Waals surface area (Å²) in [4.78, 5) is 24.9. The molecule has 0 aliphatic carbocycles. The lowest BCUT2D eigenvalue weighted by molar-refractivity contribution is -0.137. The minimum atomic E-state index is -0.870. The molecule has 1 aliphatic rings. The van der Waals surface area contributed by atoms with Gasteiger partial charge in [0.15, 0.2) is 0 Å². The second-order valence-electron chi connectivity index (χ2n) is 4.88. The molecule has 2 rings (SSSR count). The number of amides is 1. The molecule has 1 N–H and O–H groups in total. The Hall–Kier alpha value is -1.98. The Labute approximate surface area is 111 Å². The molecule has 6 nitrogen and oxygen atoms in total. The number of carbonyl (C=O) groups is 2. The van der Waals surface area contributed by atoms with Crippen LogP contribution in [0.2, 0.25) is 0 Å². The van der Waals surface area contributed by atoms with Crippen molar-refractivity contribution in [2.75, 3.05) is 6.54 Å². The maximum atomic E-state index is 12.5. The first-order chi connectivity index (χ1) is 8.99. The first-order valence-corrected chi connectivity index (χ1v) is 6.32. The number of hydrogen-bond acceptors (Lipinski definition) is 4. The lowest BCUT2D eigenvalue weighted by atomic mass is 10.1. The molecule has 1 aromatic heterocycles. The molecule has 19 heavy (non-hydrogen) atoms. The Bertz CT molecular complexity index is 516. The van der Waals surface area contributed by atoms with E-state index in [1.165, 1.54) is 0 Å². The average Bonchev–Trinajstić information content (AvgIpc) is 2.78. The molecule has 1 atom stereocenters. The summed E-state index contributed by atoms with van der Waals surface area (Å²) >= 11 is 0. The van der Waals surface area contributed by atoms with Crippen LogP contribution in [-0.4, -0.2) is 44.7 Å². The normalized spacial score (nSPS) is 18.6. The molecule has 1 fully saturated rings. The molecule has 0 saturated carbocycles. The van der Waals surface area contributed by atoms with Gasteiger partial charge in [0.1, 0.15) is 0 Å². The van der Waals surface area contributed by atoms with Gasteiger partial charge in [0, 0.05) is 12.6 Å². The molecular formula is C13H17N3O3. The smallest absolute Gasteiger partial charge is 0.305 e.